The summed E-state index contributed by atoms with van der Waals surface area (Å²) in [6.45, 7) is 0.617. The molecule has 2 unspecified atom stereocenters. The highest BCUT2D eigenvalue weighted by Gasteiger charge is 2.38. The van der Waals surface area contributed by atoms with Crippen molar-refractivity contribution in [2.75, 3.05) is 0 Å². The molecule has 0 aliphatic heterocycles. The van der Waals surface area contributed by atoms with Gasteiger partial charge in [0.1, 0.15) is 0 Å². The summed E-state index contributed by atoms with van der Waals surface area (Å²) in [5, 5.41) is 1.09. The summed E-state index contributed by atoms with van der Waals surface area (Å²) in [7, 11) is 0. The van der Waals surface area contributed by atoms with E-state index in [1.54, 1.807) is 6.07 Å². The molecule has 122 valence electrons. The van der Waals surface area contributed by atoms with Crippen LogP contribution < -0.4 is 5.73 Å². The van der Waals surface area contributed by atoms with Crippen molar-refractivity contribution in [3.8, 4) is 0 Å². The van der Waals surface area contributed by atoms with Crippen LogP contribution in [-0.4, -0.2) is 22.9 Å². The average molecular weight is 364 g/mol. The molecule has 0 bridgehead atoms. The van der Waals surface area contributed by atoms with Gasteiger partial charge in [0.05, 0.1) is 10.0 Å². The summed E-state index contributed by atoms with van der Waals surface area (Å²) in [5.41, 5.74) is 6.98. The molecule has 2 N–H and O–H groups in total. The van der Waals surface area contributed by atoms with Gasteiger partial charge in [-0.15, -0.1) is 12.4 Å². The van der Waals surface area contributed by atoms with Crippen molar-refractivity contribution >= 4 is 41.5 Å². The lowest BCUT2D eigenvalue weighted by molar-refractivity contribution is -0.136. The number of nitrogens with zero attached hydrogens (tertiary/aromatic N) is 1. The molecule has 6 heteroatoms. The van der Waals surface area contributed by atoms with E-state index >= 15 is 0 Å². The van der Waals surface area contributed by atoms with Crippen LogP contribution in [0, 0.1) is 5.92 Å². The molecule has 2 fully saturated rings. The van der Waals surface area contributed by atoms with E-state index in [1.807, 2.05) is 17.0 Å². The van der Waals surface area contributed by atoms with E-state index < -0.39 is 0 Å². The van der Waals surface area contributed by atoms with Crippen LogP contribution in [-0.2, 0) is 11.3 Å². The molecule has 3 rings (SSSR count). The minimum Gasteiger partial charge on any atom is -0.335 e. The molecule has 0 aromatic heterocycles. The van der Waals surface area contributed by atoms with Gasteiger partial charge in [-0.05, 0) is 49.8 Å². The second-order valence-corrected chi connectivity index (χ2v) is 7.03. The van der Waals surface area contributed by atoms with Gasteiger partial charge in [0.15, 0.2) is 0 Å². The van der Waals surface area contributed by atoms with Gasteiger partial charge in [0.25, 0.3) is 0 Å². The molecule has 0 spiro atoms. The van der Waals surface area contributed by atoms with Crippen molar-refractivity contribution in [2.45, 2.75) is 50.7 Å². The Morgan fingerprint density at radius 1 is 1.18 bits per heavy atom. The minimum atomic E-state index is 0. The third-order valence-corrected chi connectivity index (χ3v) is 5.17. The van der Waals surface area contributed by atoms with Crippen LogP contribution in [0.5, 0.6) is 0 Å². The topological polar surface area (TPSA) is 46.3 Å². The number of carbonyl (C=O) groups is 1. The highest BCUT2D eigenvalue weighted by molar-refractivity contribution is 6.42. The molecular weight excluding hydrogens is 343 g/mol. The number of carbonyl (C=O) groups excluding carboxylic acids is 1. The number of rotatable bonds is 4. The third kappa shape index (κ3) is 4.08. The predicted octanol–water partition coefficient (Wildman–Crippen LogP) is 4.03. The quantitative estimate of drug-likeness (QED) is 0.877. The van der Waals surface area contributed by atoms with Crippen LogP contribution in [0.2, 0.25) is 10.0 Å². The molecule has 1 aromatic rings. The summed E-state index contributed by atoms with van der Waals surface area (Å²) in [6, 6.07) is 6.17. The maximum absolute atomic E-state index is 12.7. The highest BCUT2D eigenvalue weighted by Crippen LogP contribution is 2.34. The van der Waals surface area contributed by atoms with Gasteiger partial charge in [-0.2, -0.15) is 0 Å². The SMILES string of the molecule is Cl.NC1CCC(C(=O)N(Cc2ccc(Cl)c(Cl)c2)C2CC2)C1. The summed E-state index contributed by atoms with van der Waals surface area (Å²) >= 11 is 12.0. The first-order valence-electron chi connectivity index (χ1n) is 7.54. The molecule has 0 radical (unpaired) electrons. The Morgan fingerprint density at radius 3 is 2.45 bits per heavy atom. The van der Waals surface area contributed by atoms with Crippen LogP contribution >= 0.6 is 35.6 Å². The van der Waals surface area contributed by atoms with Crippen molar-refractivity contribution in [2.24, 2.45) is 11.7 Å². The Hall–Kier alpha value is -0.480. The van der Waals surface area contributed by atoms with E-state index in [0.29, 0.717) is 22.6 Å². The standard InChI is InChI=1S/C16H20Cl2N2O.ClH/c17-14-6-1-10(7-15(14)18)9-20(13-4-5-13)16(21)11-2-3-12(19)8-11;/h1,6-7,11-13H,2-5,8-9,19H2;1H. The van der Waals surface area contributed by atoms with Crippen LogP contribution in [0.1, 0.15) is 37.7 Å². The first-order chi connectivity index (χ1) is 10.0. The normalized spacial score (nSPS) is 24.0. The fourth-order valence-electron chi connectivity index (χ4n) is 3.08. The van der Waals surface area contributed by atoms with Crippen molar-refractivity contribution in [3.63, 3.8) is 0 Å². The summed E-state index contributed by atoms with van der Waals surface area (Å²) < 4.78 is 0. The molecule has 1 amide bonds. The summed E-state index contributed by atoms with van der Waals surface area (Å²) in [4.78, 5) is 14.8. The number of amides is 1. The molecule has 22 heavy (non-hydrogen) atoms. The first kappa shape index (κ1) is 17.9. The first-order valence-corrected chi connectivity index (χ1v) is 8.30. The van der Waals surface area contributed by atoms with Gasteiger partial charge in [-0.25, -0.2) is 0 Å². The Kier molecular flexibility index (Phi) is 6.00. The van der Waals surface area contributed by atoms with Gasteiger partial charge in [-0.1, -0.05) is 29.3 Å². The second kappa shape index (κ2) is 7.39. The number of hydrogen-bond donors (Lipinski definition) is 1. The molecule has 3 nitrogen and oxygen atoms in total. The zero-order chi connectivity index (χ0) is 15.0. The van der Waals surface area contributed by atoms with Crippen molar-refractivity contribution in [3.05, 3.63) is 33.8 Å². The van der Waals surface area contributed by atoms with E-state index in [4.69, 9.17) is 28.9 Å². The maximum Gasteiger partial charge on any atom is 0.226 e. The zero-order valence-corrected chi connectivity index (χ0v) is 14.6. The van der Waals surface area contributed by atoms with Gasteiger partial charge >= 0.3 is 0 Å². The minimum absolute atomic E-state index is 0. The van der Waals surface area contributed by atoms with E-state index in [0.717, 1.165) is 37.7 Å². The largest absolute Gasteiger partial charge is 0.335 e. The highest BCUT2D eigenvalue weighted by atomic mass is 35.5. The van der Waals surface area contributed by atoms with Gasteiger partial charge < -0.3 is 10.6 Å². The number of hydrogen-bond acceptors (Lipinski definition) is 2. The van der Waals surface area contributed by atoms with E-state index in [-0.39, 0.29) is 30.3 Å². The lowest BCUT2D eigenvalue weighted by atomic mass is 10.1. The summed E-state index contributed by atoms with van der Waals surface area (Å²) in [5.74, 6) is 0.361. The smallest absolute Gasteiger partial charge is 0.226 e. The van der Waals surface area contributed by atoms with Crippen LogP contribution in [0.25, 0.3) is 0 Å². The Balaban J connectivity index is 0.00000176. The predicted molar refractivity (Wildman–Crippen MR) is 92.6 cm³/mol. The second-order valence-electron chi connectivity index (χ2n) is 6.22. The third-order valence-electron chi connectivity index (χ3n) is 4.43. The average Bonchev–Trinajstić information content (AvgIpc) is 3.20. The number of benzene rings is 1. The zero-order valence-electron chi connectivity index (χ0n) is 12.3. The Morgan fingerprint density at radius 2 is 1.91 bits per heavy atom. The van der Waals surface area contributed by atoms with E-state index in [9.17, 15) is 4.79 Å². The maximum atomic E-state index is 12.7. The molecule has 2 aliphatic carbocycles. The molecule has 2 atom stereocenters. The summed E-state index contributed by atoms with van der Waals surface area (Å²) in [6.07, 6.45) is 4.91. The van der Waals surface area contributed by atoms with Crippen molar-refractivity contribution < 1.29 is 4.79 Å². The lowest BCUT2D eigenvalue weighted by Gasteiger charge is -2.26. The van der Waals surface area contributed by atoms with Crippen LogP contribution in [0.3, 0.4) is 0 Å². The van der Waals surface area contributed by atoms with Crippen LogP contribution in [0.4, 0.5) is 0 Å². The van der Waals surface area contributed by atoms with Crippen molar-refractivity contribution in [1.29, 1.82) is 0 Å². The Labute approximate surface area is 147 Å². The lowest BCUT2D eigenvalue weighted by Crippen LogP contribution is -2.37. The Bertz CT molecular complexity index is 548. The molecule has 0 saturated heterocycles. The monoisotopic (exact) mass is 362 g/mol. The van der Waals surface area contributed by atoms with Crippen LogP contribution in [0.15, 0.2) is 18.2 Å². The molecular formula is C16H21Cl3N2O. The molecule has 2 saturated carbocycles. The van der Waals surface area contributed by atoms with E-state index in [2.05, 4.69) is 0 Å². The fourth-order valence-corrected chi connectivity index (χ4v) is 3.40. The molecule has 1 aromatic carbocycles. The van der Waals surface area contributed by atoms with Gasteiger partial charge in [-0.3, -0.25) is 4.79 Å². The van der Waals surface area contributed by atoms with E-state index in [1.165, 1.54) is 0 Å². The van der Waals surface area contributed by atoms with Crippen molar-refractivity contribution in [1.82, 2.24) is 4.90 Å². The molecule has 2 aliphatic rings. The fraction of sp³-hybridized carbons (Fsp3) is 0.562. The molecule has 0 heterocycles. The van der Waals surface area contributed by atoms with Gasteiger partial charge in [0.2, 0.25) is 5.91 Å². The number of nitrogens with two attached hydrogens (primary N) is 1. The number of halogens is 3. The van der Waals surface area contributed by atoms with Gasteiger partial charge in [0, 0.05) is 24.5 Å².